The van der Waals surface area contributed by atoms with E-state index in [-0.39, 0.29) is 30.3 Å². The van der Waals surface area contributed by atoms with Crippen LogP contribution in [-0.4, -0.2) is 22.6 Å². The van der Waals surface area contributed by atoms with Gasteiger partial charge in [0.05, 0.1) is 23.1 Å². The number of nitrogens with one attached hydrogen (secondary N) is 1. The minimum absolute atomic E-state index is 0.0197. The molecule has 0 atom stereocenters. The Kier molecular flexibility index (Phi) is 4.53. The van der Waals surface area contributed by atoms with Crippen molar-refractivity contribution in [1.82, 2.24) is 4.98 Å². The quantitative estimate of drug-likeness (QED) is 0.383. The molecule has 3 N–H and O–H groups in total. The molecule has 1 aliphatic heterocycles. The lowest BCUT2D eigenvalue weighted by Gasteiger charge is -2.06. The van der Waals surface area contributed by atoms with Crippen LogP contribution >= 0.6 is 11.3 Å². The van der Waals surface area contributed by atoms with E-state index in [0.29, 0.717) is 22.1 Å². The average Bonchev–Trinajstić information content (AvgIpc) is 3.30. The van der Waals surface area contributed by atoms with E-state index in [1.807, 2.05) is 18.2 Å². The van der Waals surface area contributed by atoms with Crippen molar-refractivity contribution in [3.8, 4) is 22.1 Å². The normalized spacial score (nSPS) is 12.0. The van der Waals surface area contributed by atoms with Gasteiger partial charge in [-0.25, -0.2) is 4.98 Å². The van der Waals surface area contributed by atoms with Crippen LogP contribution in [0.5, 0.6) is 11.5 Å². The van der Waals surface area contributed by atoms with Gasteiger partial charge in [0.2, 0.25) is 12.7 Å². The van der Waals surface area contributed by atoms with Gasteiger partial charge in [-0.2, -0.15) is 0 Å². The number of nitrogen functional groups attached to an aromatic ring is 1. The molecule has 0 radical (unpaired) electrons. The van der Waals surface area contributed by atoms with E-state index in [9.17, 15) is 14.9 Å². The van der Waals surface area contributed by atoms with E-state index in [1.54, 1.807) is 11.4 Å². The van der Waals surface area contributed by atoms with Crippen molar-refractivity contribution >= 4 is 34.3 Å². The molecule has 9 nitrogen and oxygen atoms in total. The highest BCUT2D eigenvalue weighted by atomic mass is 32.1. The lowest BCUT2D eigenvalue weighted by Crippen LogP contribution is -2.15. The summed E-state index contributed by atoms with van der Waals surface area (Å²) in [5.41, 5.74) is 7.67. The monoisotopic (exact) mass is 398 g/mol. The third-order valence-corrected chi connectivity index (χ3v) is 4.97. The van der Waals surface area contributed by atoms with Crippen LogP contribution in [-0.2, 0) is 11.2 Å². The van der Waals surface area contributed by atoms with E-state index in [4.69, 9.17) is 15.2 Å². The second kappa shape index (κ2) is 7.16. The Hall–Kier alpha value is -3.66. The van der Waals surface area contributed by atoms with Crippen LogP contribution < -0.4 is 20.5 Å². The van der Waals surface area contributed by atoms with E-state index in [2.05, 4.69) is 10.3 Å². The van der Waals surface area contributed by atoms with Crippen LogP contribution in [0.4, 0.5) is 17.1 Å². The van der Waals surface area contributed by atoms with Crippen molar-refractivity contribution in [3.63, 3.8) is 0 Å². The van der Waals surface area contributed by atoms with Crippen molar-refractivity contribution in [3.05, 3.63) is 57.6 Å². The van der Waals surface area contributed by atoms with Gasteiger partial charge in [0.1, 0.15) is 10.7 Å². The maximum Gasteiger partial charge on any atom is 0.296 e. The van der Waals surface area contributed by atoms with E-state index >= 15 is 0 Å². The molecule has 4 rings (SSSR count). The fourth-order valence-corrected chi connectivity index (χ4v) is 3.61. The molecule has 0 fully saturated rings. The largest absolute Gasteiger partial charge is 0.454 e. The van der Waals surface area contributed by atoms with Gasteiger partial charge in [-0.3, -0.25) is 14.9 Å². The van der Waals surface area contributed by atoms with E-state index in [1.165, 1.54) is 23.5 Å². The van der Waals surface area contributed by atoms with Gasteiger partial charge in [-0.1, -0.05) is 12.1 Å². The zero-order chi connectivity index (χ0) is 19.7. The minimum atomic E-state index is -0.587. The number of rotatable bonds is 5. The number of fused-ring (bicyclic) bond motifs is 1. The smallest absolute Gasteiger partial charge is 0.296 e. The molecule has 28 heavy (non-hydrogen) atoms. The highest BCUT2D eigenvalue weighted by Gasteiger charge is 2.24. The van der Waals surface area contributed by atoms with Gasteiger partial charge >= 0.3 is 0 Å². The molecule has 1 aliphatic rings. The van der Waals surface area contributed by atoms with Crippen LogP contribution in [0.1, 0.15) is 5.69 Å². The van der Waals surface area contributed by atoms with Gasteiger partial charge in [-0.15, -0.1) is 11.3 Å². The maximum atomic E-state index is 12.4. The summed E-state index contributed by atoms with van der Waals surface area (Å²) in [5.74, 6) is 0.186. The fraction of sp³-hybridized carbons (Fsp3) is 0.111. The molecule has 2 aromatic carbocycles. The summed E-state index contributed by atoms with van der Waals surface area (Å²) in [6.07, 6.45) is -0.0329. The molecule has 0 spiro atoms. The van der Waals surface area contributed by atoms with Gasteiger partial charge < -0.3 is 20.5 Å². The summed E-state index contributed by atoms with van der Waals surface area (Å²) in [7, 11) is 0. The first-order valence-corrected chi connectivity index (χ1v) is 9.06. The standard InChI is InChI=1S/C18H14N4O5S/c19-12-4-2-1-3-11(12)18-20-10(8-28-18)5-17(23)21-13-6-15-16(27-9-26-15)7-14(13)22(24)25/h1-4,6-8H,5,9,19H2,(H,21,23). The first-order valence-electron chi connectivity index (χ1n) is 8.18. The molecule has 3 aromatic rings. The molecule has 1 aromatic heterocycles. The Balaban J connectivity index is 1.51. The molecule has 2 heterocycles. The number of hydrogen-bond donors (Lipinski definition) is 2. The highest BCUT2D eigenvalue weighted by Crippen LogP contribution is 2.40. The van der Waals surface area contributed by atoms with Gasteiger partial charge in [0.25, 0.3) is 5.69 Å². The van der Waals surface area contributed by atoms with Gasteiger partial charge in [-0.05, 0) is 12.1 Å². The van der Waals surface area contributed by atoms with Crippen molar-refractivity contribution in [2.45, 2.75) is 6.42 Å². The molecule has 0 aliphatic carbocycles. The zero-order valence-electron chi connectivity index (χ0n) is 14.4. The number of nitro benzene ring substituents is 1. The number of anilines is 2. The Bertz CT molecular complexity index is 1080. The Labute approximate surface area is 162 Å². The van der Waals surface area contributed by atoms with Crippen LogP contribution in [0.2, 0.25) is 0 Å². The van der Waals surface area contributed by atoms with Crippen LogP contribution in [0.25, 0.3) is 10.6 Å². The summed E-state index contributed by atoms with van der Waals surface area (Å²) >= 11 is 1.37. The second-order valence-electron chi connectivity index (χ2n) is 5.94. The van der Waals surface area contributed by atoms with E-state index < -0.39 is 10.8 Å². The molecular formula is C18H14N4O5S. The lowest BCUT2D eigenvalue weighted by molar-refractivity contribution is -0.384. The SMILES string of the molecule is Nc1ccccc1-c1nc(CC(=O)Nc2cc3c(cc2[N+](=O)[O-])OCO3)cs1. The van der Waals surface area contributed by atoms with E-state index in [0.717, 1.165) is 5.56 Å². The summed E-state index contributed by atoms with van der Waals surface area (Å²) in [6.45, 7) is -0.0197. The number of carbonyl (C=O) groups is 1. The van der Waals surface area contributed by atoms with Crippen molar-refractivity contribution in [2.75, 3.05) is 17.8 Å². The molecule has 0 unspecified atom stereocenters. The molecule has 142 valence electrons. The molecule has 1 amide bonds. The fourth-order valence-electron chi connectivity index (χ4n) is 2.74. The minimum Gasteiger partial charge on any atom is -0.454 e. The Morgan fingerprint density at radius 3 is 2.79 bits per heavy atom. The van der Waals surface area contributed by atoms with Crippen molar-refractivity contribution in [2.24, 2.45) is 0 Å². The number of nitrogens with two attached hydrogens (primary N) is 1. The summed E-state index contributed by atoms with van der Waals surface area (Å²) in [5, 5.41) is 16.3. The maximum absolute atomic E-state index is 12.4. The predicted molar refractivity (Wildman–Crippen MR) is 104 cm³/mol. The third kappa shape index (κ3) is 3.45. The number of thiazole rings is 1. The van der Waals surface area contributed by atoms with Gasteiger partial charge in [0.15, 0.2) is 11.5 Å². The number of amides is 1. The predicted octanol–water partition coefficient (Wildman–Crippen LogP) is 3.21. The number of hydrogen-bond acceptors (Lipinski definition) is 8. The molecule has 0 saturated carbocycles. The Morgan fingerprint density at radius 1 is 1.29 bits per heavy atom. The number of nitro groups is 1. The van der Waals surface area contributed by atoms with Gasteiger partial charge in [0, 0.05) is 22.7 Å². The molecular weight excluding hydrogens is 384 g/mol. The molecule has 0 bridgehead atoms. The number of nitrogens with zero attached hydrogens (tertiary/aromatic N) is 2. The number of ether oxygens (including phenoxy) is 2. The number of benzene rings is 2. The topological polar surface area (TPSA) is 130 Å². The summed E-state index contributed by atoms with van der Waals surface area (Å²) in [4.78, 5) is 27.5. The highest BCUT2D eigenvalue weighted by molar-refractivity contribution is 7.13. The van der Waals surface area contributed by atoms with Crippen molar-refractivity contribution < 1.29 is 19.2 Å². The number of aromatic nitrogens is 1. The third-order valence-electron chi connectivity index (χ3n) is 4.05. The van der Waals surface area contributed by atoms with Crippen LogP contribution in [0.3, 0.4) is 0 Å². The number of carbonyl (C=O) groups excluding carboxylic acids is 1. The Morgan fingerprint density at radius 2 is 2.04 bits per heavy atom. The second-order valence-corrected chi connectivity index (χ2v) is 6.79. The van der Waals surface area contributed by atoms with Crippen LogP contribution in [0.15, 0.2) is 41.8 Å². The van der Waals surface area contributed by atoms with Crippen molar-refractivity contribution in [1.29, 1.82) is 0 Å². The lowest BCUT2D eigenvalue weighted by atomic mass is 10.2. The first-order chi connectivity index (χ1) is 13.5. The zero-order valence-corrected chi connectivity index (χ0v) is 15.2. The first kappa shape index (κ1) is 17.7. The average molecular weight is 398 g/mol. The van der Waals surface area contributed by atoms with Crippen LogP contribution in [0, 0.1) is 10.1 Å². The molecule has 0 saturated heterocycles. The summed E-state index contributed by atoms with van der Waals surface area (Å²) < 4.78 is 10.4. The summed E-state index contributed by atoms with van der Waals surface area (Å²) in [6, 6.07) is 9.94. The number of para-hydroxylation sites is 1. The molecule has 10 heteroatoms.